The Kier molecular flexibility index (Phi) is 7.44. The molecule has 2 aliphatic rings. The van der Waals surface area contributed by atoms with Gasteiger partial charge in [-0.3, -0.25) is 0 Å². The zero-order chi connectivity index (χ0) is 20.6. The highest BCUT2D eigenvalue weighted by atomic mass is 16.5. The second-order valence-corrected chi connectivity index (χ2v) is 9.05. The average molecular weight is 409 g/mol. The van der Waals surface area contributed by atoms with E-state index in [2.05, 4.69) is 22.1 Å². The van der Waals surface area contributed by atoms with Crippen molar-refractivity contribution in [1.29, 1.82) is 0 Å². The topological polar surface area (TPSA) is 50.3 Å². The smallest absolute Gasteiger partial charge is 0.229 e. The molecule has 2 fully saturated rings. The molecule has 0 amide bonds. The number of anilines is 3. The van der Waals surface area contributed by atoms with E-state index in [0.29, 0.717) is 5.95 Å². The molecule has 0 unspecified atom stereocenters. The summed E-state index contributed by atoms with van der Waals surface area (Å²) in [4.78, 5) is 11.5. The second-order valence-electron chi connectivity index (χ2n) is 9.05. The Balaban J connectivity index is 1.24. The standard InChI is InChI=1S/C25H36N4O/c1-20-14-17-29(18-15-20)24-13-16-26-25(28-24)27-22-9-11-23(12-10-22)30-19-5-8-21-6-3-2-4-7-21/h9-13,16,20-21H,2-8,14-15,17-19H2,1H3,(H,26,27,28). The zero-order valence-electron chi connectivity index (χ0n) is 18.4. The van der Waals surface area contributed by atoms with Crippen molar-refractivity contribution in [3.63, 3.8) is 0 Å². The first-order valence-corrected chi connectivity index (χ1v) is 11.8. The minimum Gasteiger partial charge on any atom is -0.494 e. The van der Waals surface area contributed by atoms with Crippen molar-refractivity contribution >= 4 is 17.5 Å². The summed E-state index contributed by atoms with van der Waals surface area (Å²) >= 11 is 0. The number of nitrogens with zero attached hydrogens (tertiary/aromatic N) is 3. The number of aromatic nitrogens is 2. The van der Waals surface area contributed by atoms with Gasteiger partial charge in [0.05, 0.1) is 6.61 Å². The van der Waals surface area contributed by atoms with Gasteiger partial charge in [-0.05, 0) is 67.9 Å². The highest BCUT2D eigenvalue weighted by Gasteiger charge is 2.17. The van der Waals surface area contributed by atoms with E-state index in [1.165, 1.54) is 51.4 Å². The van der Waals surface area contributed by atoms with Gasteiger partial charge in [-0.1, -0.05) is 39.0 Å². The van der Waals surface area contributed by atoms with Crippen LogP contribution in [0.4, 0.5) is 17.5 Å². The highest BCUT2D eigenvalue weighted by Crippen LogP contribution is 2.27. The van der Waals surface area contributed by atoms with Crippen molar-refractivity contribution in [3.05, 3.63) is 36.5 Å². The third-order valence-electron chi connectivity index (χ3n) is 6.61. The van der Waals surface area contributed by atoms with Crippen LogP contribution in [0.2, 0.25) is 0 Å². The maximum absolute atomic E-state index is 5.94. The Morgan fingerprint density at radius 3 is 2.53 bits per heavy atom. The summed E-state index contributed by atoms with van der Waals surface area (Å²) in [6, 6.07) is 10.1. The Morgan fingerprint density at radius 1 is 1.00 bits per heavy atom. The molecule has 30 heavy (non-hydrogen) atoms. The third-order valence-corrected chi connectivity index (χ3v) is 6.61. The fraction of sp³-hybridized carbons (Fsp3) is 0.600. The summed E-state index contributed by atoms with van der Waals surface area (Å²) in [5.74, 6) is 4.33. The van der Waals surface area contributed by atoms with Crippen molar-refractivity contribution in [2.24, 2.45) is 11.8 Å². The number of ether oxygens (including phenoxy) is 1. The quantitative estimate of drug-likeness (QED) is 0.527. The van der Waals surface area contributed by atoms with Crippen LogP contribution < -0.4 is 15.0 Å². The molecule has 2 heterocycles. The third kappa shape index (κ3) is 6.10. The van der Waals surface area contributed by atoms with Gasteiger partial charge in [-0.25, -0.2) is 4.98 Å². The lowest BCUT2D eigenvalue weighted by Gasteiger charge is -2.31. The Morgan fingerprint density at radius 2 is 1.77 bits per heavy atom. The fourth-order valence-corrected chi connectivity index (χ4v) is 4.62. The van der Waals surface area contributed by atoms with Crippen LogP contribution >= 0.6 is 0 Å². The summed E-state index contributed by atoms with van der Waals surface area (Å²) < 4.78 is 5.94. The number of hydrogen-bond donors (Lipinski definition) is 1. The van der Waals surface area contributed by atoms with E-state index in [4.69, 9.17) is 9.72 Å². The Bertz CT molecular complexity index is 765. The first kappa shape index (κ1) is 21.0. The average Bonchev–Trinajstić information content (AvgIpc) is 2.79. The molecule has 0 bridgehead atoms. The normalized spacial score (nSPS) is 18.4. The van der Waals surface area contributed by atoms with Crippen LogP contribution in [0.15, 0.2) is 36.5 Å². The molecule has 4 rings (SSSR count). The van der Waals surface area contributed by atoms with E-state index in [9.17, 15) is 0 Å². The van der Waals surface area contributed by atoms with Crippen LogP contribution in [0.1, 0.15) is 64.7 Å². The molecule has 1 aromatic heterocycles. The SMILES string of the molecule is CC1CCN(c2ccnc(Nc3ccc(OCCCC4CCCCC4)cc3)n2)CC1. The number of nitrogens with one attached hydrogen (secondary N) is 1. The predicted octanol–water partition coefficient (Wildman–Crippen LogP) is 6.20. The lowest BCUT2D eigenvalue weighted by Crippen LogP contribution is -2.33. The summed E-state index contributed by atoms with van der Waals surface area (Å²) in [5.41, 5.74) is 0.981. The number of hydrogen-bond acceptors (Lipinski definition) is 5. The van der Waals surface area contributed by atoms with E-state index >= 15 is 0 Å². The summed E-state index contributed by atoms with van der Waals surface area (Å²) in [7, 11) is 0. The molecular formula is C25H36N4O. The molecule has 1 aromatic carbocycles. The van der Waals surface area contributed by atoms with Crippen LogP contribution in [0.5, 0.6) is 5.75 Å². The number of rotatable bonds is 8. The summed E-state index contributed by atoms with van der Waals surface area (Å²) in [5, 5.41) is 3.33. The zero-order valence-corrected chi connectivity index (χ0v) is 18.4. The molecule has 1 aliphatic heterocycles. The van der Waals surface area contributed by atoms with Gasteiger partial charge >= 0.3 is 0 Å². The molecule has 0 radical (unpaired) electrons. The second kappa shape index (κ2) is 10.6. The van der Waals surface area contributed by atoms with Crippen LogP contribution in [-0.2, 0) is 0 Å². The molecule has 5 nitrogen and oxygen atoms in total. The molecule has 1 aliphatic carbocycles. The molecule has 2 aromatic rings. The molecule has 1 saturated carbocycles. The van der Waals surface area contributed by atoms with Gasteiger partial charge in [0.25, 0.3) is 0 Å². The molecule has 1 saturated heterocycles. The molecule has 5 heteroatoms. The van der Waals surface area contributed by atoms with Gasteiger partial charge in [0.15, 0.2) is 0 Å². The monoisotopic (exact) mass is 408 g/mol. The van der Waals surface area contributed by atoms with Crippen molar-refractivity contribution in [1.82, 2.24) is 9.97 Å². The minimum atomic E-state index is 0.646. The fourth-order valence-electron chi connectivity index (χ4n) is 4.62. The molecule has 162 valence electrons. The van der Waals surface area contributed by atoms with Gasteiger partial charge < -0.3 is 15.0 Å². The van der Waals surface area contributed by atoms with Gasteiger partial charge in [0.2, 0.25) is 5.95 Å². The summed E-state index contributed by atoms with van der Waals surface area (Å²) in [6.45, 7) is 5.28. The first-order valence-electron chi connectivity index (χ1n) is 11.8. The summed E-state index contributed by atoms with van der Waals surface area (Å²) in [6.07, 6.45) is 13.9. The molecule has 1 N–H and O–H groups in total. The number of benzene rings is 1. The molecule has 0 spiro atoms. The van der Waals surface area contributed by atoms with Crippen LogP contribution in [-0.4, -0.2) is 29.7 Å². The maximum atomic E-state index is 5.94. The Labute approximate surface area is 181 Å². The van der Waals surface area contributed by atoms with Crippen molar-refractivity contribution in [2.45, 2.75) is 64.7 Å². The predicted molar refractivity (Wildman–Crippen MR) is 124 cm³/mol. The van der Waals surface area contributed by atoms with Gasteiger partial charge in [0.1, 0.15) is 11.6 Å². The number of piperidine rings is 1. The minimum absolute atomic E-state index is 0.646. The van der Waals surface area contributed by atoms with Crippen molar-refractivity contribution in [3.8, 4) is 5.75 Å². The van der Waals surface area contributed by atoms with E-state index < -0.39 is 0 Å². The van der Waals surface area contributed by atoms with Gasteiger partial charge in [0, 0.05) is 25.0 Å². The largest absolute Gasteiger partial charge is 0.494 e. The van der Waals surface area contributed by atoms with E-state index in [-0.39, 0.29) is 0 Å². The van der Waals surface area contributed by atoms with Crippen LogP contribution in [0, 0.1) is 11.8 Å². The first-order chi connectivity index (χ1) is 14.8. The van der Waals surface area contributed by atoms with E-state index in [0.717, 1.165) is 55.2 Å². The van der Waals surface area contributed by atoms with Crippen LogP contribution in [0.3, 0.4) is 0 Å². The van der Waals surface area contributed by atoms with E-state index in [1.54, 1.807) is 0 Å². The Hall–Kier alpha value is -2.30. The van der Waals surface area contributed by atoms with E-state index in [1.807, 2.05) is 36.5 Å². The van der Waals surface area contributed by atoms with Crippen LogP contribution in [0.25, 0.3) is 0 Å². The van der Waals surface area contributed by atoms with Gasteiger partial charge in [-0.2, -0.15) is 4.98 Å². The van der Waals surface area contributed by atoms with Gasteiger partial charge in [-0.15, -0.1) is 0 Å². The maximum Gasteiger partial charge on any atom is 0.229 e. The lowest BCUT2D eigenvalue weighted by molar-refractivity contribution is 0.269. The van der Waals surface area contributed by atoms with Crippen molar-refractivity contribution in [2.75, 3.05) is 29.9 Å². The van der Waals surface area contributed by atoms with Crippen molar-refractivity contribution < 1.29 is 4.74 Å². The lowest BCUT2D eigenvalue weighted by atomic mass is 9.86. The highest BCUT2D eigenvalue weighted by molar-refractivity contribution is 5.56. The molecule has 0 atom stereocenters. The molecular weight excluding hydrogens is 372 g/mol.